The Morgan fingerprint density at radius 1 is 1.28 bits per heavy atom. The van der Waals surface area contributed by atoms with Crippen molar-refractivity contribution in [1.82, 2.24) is 5.32 Å². The van der Waals surface area contributed by atoms with Gasteiger partial charge in [-0.05, 0) is 32.3 Å². The predicted octanol–water partition coefficient (Wildman–Crippen LogP) is 3.70. The van der Waals surface area contributed by atoms with Crippen LogP contribution in [0.1, 0.15) is 72.1 Å². The molecule has 1 saturated heterocycles. The lowest BCUT2D eigenvalue weighted by atomic mass is 10.0. The van der Waals surface area contributed by atoms with Crippen LogP contribution in [-0.4, -0.2) is 40.9 Å². The third-order valence-corrected chi connectivity index (χ3v) is 5.34. The first-order chi connectivity index (χ1) is 13.9. The summed E-state index contributed by atoms with van der Waals surface area (Å²) in [7, 11) is 0. The zero-order chi connectivity index (χ0) is 21.3. The summed E-state index contributed by atoms with van der Waals surface area (Å²) in [6.07, 6.45) is 16.2. The van der Waals surface area contributed by atoms with E-state index in [-0.39, 0.29) is 12.1 Å². The first kappa shape index (κ1) is 23.4. The molecule has 6 heteroatoms. The number of cyclic esters (lactones) is 1. The Morgan fingerprint density at radius 2 is 2.07 bits per heavy atom. The molecule has 0 aromatic rings. The number of amides is 1. The van der Waals surface area contributed by atoms with Crippen LogP contribution in [0.3, 0.4) is 0 Å². The molecule has 6 nitrogen and oxygen atoms in total. The summed E-state index contributed by atoms with van der Waals surface area (Å²) in [4.78, 5) is 23.8. The summed E-state index contributed by atoms with van der Waals surface area (Å²) in [6.45, 7) is 5.90. The quantitative estimate of drug-likeness (QED) is 0.211. The fraction of sp³-hybridized carbons (Fsp3) is 0.652. The third kappa shape index (κ3) is 8.15. The van der Waals surface area contributed by atoms with Gasteiger partial charge in [-0.15, -0.1) is 0 Å². The molecule has 2 heterocycles. The number of rotatable bonds is 13. The summed E-state index contributed by atoms with van der Waals surface area (Å²) in [5, 5.41) is 12.5. The van der Waals surface area contributed by atoms with E-state index in [0.717, 1.165) is 12.8 Å². The highest BCUT2D eigenvalue weighted by Crippen LogP contribution is 2.30. The third-order valence-electron chi connectivity index (χ3n) is 5.34. The maximum atomic E-state index is 12.0. The SMILES string of the molecule is CCCCCCC1OC1CC=CC=CC(O)CC(=O)NC1=CC(C)(CC)OC1=O. The maximum absolute atomic E-state index is 12.0. The van der Waals surface area contributed by atoms with Gasteiger partial charge in [-0.25, -0.2) is 4.79 Å². The van der Waals surface area contributed by atoms with Crippen LogP contribution in [-0.2, 0) is 19.1 Å². The van der Waals surface area contributed by atoms with E-state index in [0.29, 0.717) is 18.6 Å². The van der Waals surface area contributed by atoms with Crippen LogP contribution >= 0.6 is 0 Å². The van der Waals surface area contributed by atoms with Crippen molar-refractivity contribution < 1.29 is 24.2 Å². The number of esters is 1. The van der Waals surface area contributed by atoms with Crippen molar-refractivity contribution >= 4 is 11.9 Å². The fourth-order valence-corrected chi connectivity index (χ4v) is 3.28. The molecule has 2 aliphatic rings. The first-order valence-corrected chi connectivity index (χ1v) is 10.8. The van der Waals surface area contributed by atoms with E-state index in [1.54, 1.807) is 25.2 Å². The summed E-state index contributed by atoms with van der Waals surface area (Å²) >= 11 is 0. The number of epoxide rings is 1. The average Bonchev–Trinajstić information content (AvgIpc) is 3.35. The van der Waals surface area contributed by atoms with Gasteiger partial charge in [0.1, 0.15) is 11.3 Å². The second-order valence-electron chi connectivity index (χ2n) is 8.04. The number of unbranched alkanes of at least 4 members (excludes halogenated alkanes) is 3. The van der Waals surface area contributed by atoms with E-state index in [4.69, 9.17) is 9.47 Å². The first-order valence-electron chi connectivity index (χ1n) is 10.8. The largest absolute Gasteiger partial charge is 0.450 e. The lowest BCUT2D eigenvalue weighted by molar-refractivity contribution is -0.146. The molecule has 1 amide bonds. The second kappa shape index (κ2) is 11.3. The Morgan fingerprint density at radius 3 is 2.76 bits per heavy atom. The lowest BCUT2D eigenvalue weighted by Crippen LogP contribution is -2.28. The molecule has 0 saturated carbocycles. The van der Waals surface area contributed by atoms with Crippen molar-refractivity contribution in [3.05, 3.63) is 36.1 Å². The van der Waals surface area contributed by atoms with Crippen LogP contribution < -0.4 is 5.32 Å². The van der Waals surface area contributed by atoms with Crippen molar-refractivity contribution in [2.24, 2.45) is 0 Å². The number of aliphatic hydroxyl groups excluding tert-OH is 1. The van der Waals surface area contributed by atoms with Crippen molar-refractivity contribution in [2.45, 2.75) is 96.1 Å². The summed E-state index contributed by atoms with van der Waals surface area (Å²) in [5.74, 6) is -0.964. The van der Waals surface area contributed by atoms with Gasteiger partial charge in [0.15, 0.2) is 0 Å². The number of nitrogens with one attached hydrogen (secondary N) is 1. The summed E-state index contributed by atoms with van der Waals surface area (Å²) in [5.41, 5.74) is -0.535. The molecule has 0 spiro atoms. The van der Waals surface area contributed by atoms with Gasteiger partial charge in [-0.1, -0.05) is 63.8 Å². The molecule has 2 aliphatic heterocycles. The van der Waals surface area contributed by atoms with Crippen LogP contribution in [0.5, 0.6) is 0 Å². The van der Waals surface area contributed by atoms with Gasteiger partial charge in [-0.2, -0.15) is 0 Å². The molecule has 4 unspecified atom stereocenters. The van der Waals surface area contributed by atoms with Crippen molar-refractivity contribution in [2.75, 3.05) is 0 Å². The number of carbonyl (C=O) groups excluding carboxylic acids is 2. The highest BCUT2D eigenvalue weighted by atomic mass is 16.6. The topological polar surface area (TPSA) is 88.2 Å². The highest BCUT2D eigenvalue weighted by Gasteiger charge is 2.36. The van der Waals surface area contributed by atoms with Gasteiger partial charge >= 0.3 is 5.97 Å². The molecule has 2 rings (SSSR count). The normalized spacial score (nSPS) is 27.3. The standard InChI is InChI=1S/C23H35NO5/c1-4-6-7-10-13-19-20(28-19)14-11-8-9-12-17(25)15-21(26)24-18-16-23(3,5-2)29-22(18)27/h8-9,11-12,16-17,19-20,25H,4-7,10,13-15H2,1-3H3,(H,24,26). The number of allylic oxidation sites excluding steroid dienone is 2. The Bertz CT molecular complexity index is 654. The van der Waals surface area contributed by atoms with E-state index in [9.17, 15) is 14.7 Å². The van der Waals surface area contributed by atoms with Gasteiger partial charge in [0.25, 0.3) is 0 Å². The molecule has 4 atom stereocenters. The van der Waals surface area contributed by atoms with Crippen LogP contribution in [0.25, 0.3) is 0 Å². The molecule has 0 aromatic heterocycles. The van der Waals surface area contributed by atoms with E-state index >= 15 is 0 Å². The van der Waals surface area contributed by atoms with Crippen LogP contribution in [0.15, 0.2) is 36.1 Å². The highest BCUT2D eigenvalue weighted by molar-refractivity contribution is 5.96. The smallest absolute Gasteiger partial charge is 0.355 e. The molecule has 0 aromatic carbocycles. The Kier molecular flexibility index (Phi) is 9.11. The second-order valence-corrected chi connectivity index (χ2v) is 8.04. The maximum Gasteiger partial charge on any atom is 0.355 e. The molecule has 0 radical (unpaired) electrons. The minimum absolute atomic E-state index is 0.122. The van der Waals surface area contributed by atoms with Crippen molar-refractivity contribution in [3.63, 3.8) is 0 Å². The Labute approximate surface area is 174 Å². The van der Waals surface area contributed by atoms with E-state index in [1.807, 2.05) is 19.1 Å². The van der Waals surface area contributed by atoms with E-state index in [1.165, 1.54) is 25.7 Å². The number of aliphatic hydroxyl groups is 1. The molecule has 0 bridgehead atoms. The average molecular weight is 406 g/mol. The van der Waals surface area contributed by atoms with E-state index < -0.39 is 23.6 Å². The van der Waals surface area contributed by atoms with Gasteiger partial charge in [0.2, 0.25) is 5.91 Å². The molecule has 2 N–H and O–H groups in total. The summed E-state index contributed by atoms with van der Waals surface area (Å²) in [6, 6.07) is 0. The number of ether oxygens (including phenoxy) is 2. The van der Waals surface area contributed by atoms with Crippen LogP contribution in [0, 0.1) is 0 Å². The molecule has 0 aliphatic carbocycles. The van der Waals surface area contributed by atoms with Gasteiger partial charge < -0.3 is 19.9 Å². The summed E-state index contributed by atoms with van der Waals surface area (Å²) < 4.78 is 10.9. The molecular weight excluding hydrogens is 370 g/mol. The van der Waals surface area contributed by atoms with Crippen LogP contribution in [0.4, 0.5) is 0 Å². The monoisotopic (exact) mass is 405 g/mol. The molecular formula is C23H35NO5. The number of hydrogen-bond donors (Lipinski definition) is 2. The zero-order valence-corrected chi connectivity index (χ0v) is 17.9. The molecule has 1 fully saturated rings. The minimum atomic E-state index is -0.918. The van der Waals surface area contributed by atoms with Gasteiger partial charge in [-0.3, -0.25) is 4.79 Å². The Hall–Kier alpha value is -1.92. The fourth-order valence-electron chi connectivity index (χ4n) is 3.28. The predicted molar refractivity (Wildman–Crippen MR) is 112 cm³/mol. The van der Waals surface area contributed by atoms with Gasteiger partial charge in [0.05, 0.1) is 24.7 Å². The number of carbonyl (C=O) groups is 2. The van der Waals surface area contributed by atoms with Gasteiger partial charge in [0, 0.05) is 0 Å². The Balaban J connectivity index is 1.61. The van der Waals surface area contributed by atoms with Crippen LogP contribution in [0.2, 0.25) is 0 Å². The van der Waals surface area contributed by atoms with Crippen molar-refractivity contribution in [1.29, 1.82) is 0 Å². The zero-order valence-electron chi connectivity index (χ0n) is 17.9. The molecule has 162 valence electrons. The molecule has 29 heavy (non-hydrogen) atoms. The lowest BCUT2D eigenvalue weighted by Gasteiger charge is -2.17. The van der Waals surface area contributed by atoms with E-state index in [2.05, 4.69) is 12.2 Å². The number of hydrogen-bond acceptors (Lipinski definition) is 5. The minimum Gasteiger partial charge on any atom is -0.450 e. The van der Waals surface area contributed by atoms with Crippen molar-refractivity contribution in [3.8, 4) is 0 Å².